The number of fused-ring (bicyclic) bond motifs is 1. The van der Waals surface area contributed by atoms with Gasteiger partial charge in [-0.3, -0.25) is 4.79 Å². The summed E-state index contributed by atoms with van der Waals surface area (Å²) in [6, 6.07) is 7.35. The van der Waals surface area contributed by atoms with Gasteiger partial charge in [-0.1, -0.05) is 0 Å². The highest BCUT2D eigenvalue weighted by Gasteiger charge is 2.23. The van der Waals surface area contributed by atoms with Crippen LogP contribution in [0.4, 0.5) is 4.39 Å². The Morgan fingerprint density at radius 2 is 2.05 bits per heavy atom. The minimum Gasteiger partial charge on any atom is -0.461 e. The van der Waals surface area contributed by atoms with Crippen LogP contribution in [0.2, 0.25) is 0 Å². The third kappa shape index (κ3) is 2.35. The summed E-state index contributed by atoms with van der Waals surface area (Å²) in [6.07, 6.45) is 0.125. The minimum absolute atomic E-state index is 0.0207. The van der Waals surface area contributed by atoms with Crippen molar-refractivity contribution >= 4 is 16.9 Å². The second kappa shape index (κ2) is 4.68. The van der Waals surface area contributed by atoms with Crippen molar-refractivity contribution in [3.8, 4) is 0 Å². The number of likely N-dealkylation sites (tertiary alicyclic amines) is 1. The van der Waals surface area contributed by atoms with E-state index in [-0.39, 0.29) is 5.91 Å². The predicted octanol–water partition coefficient (Wildman–Crippen LogP) is 3.32. The molecule has 1 aromatic heterocycles. The van der Waals surface area contributed by atoms with Gasteiger partial charge in [0, 0.05) is 24.0 Å². The Bertz CT molecular complexity index is 612. The summed E-state index contributed by atoms with van der Waals surface area (Å²) < 4.78 is 18.6. The van der Waals surface area contributed by atoms with Crippen molar-refractivity contribution in [2.45, 2.75) is 25.9 Å². The maximum absolute atomic E-state index is 13.1. The van der Waals surface area contributed by atoms with Crippen LogP contribution in [0.5, 0.6) is 0 Å². The largest absolute Gasteiger partial charge is 0.461 e. The van der Waals surface area contributed by atoms with Crippen LogP contribution in [-0.4, -0.2) is 30.1 Å². The molecule has 2 aromatic rings. The van der Waals surface area contributed by atoms with Gasteiger partial charge in [-0.05, 0) is 44.0 Å². The van der Waals surface area contributed by atoms with Crippen LogP contribution in [-0.2, 0) is 0 Å². The van der Waals surface area contributed by atoms with Crippen LogP contribution >= 0.6 is 0 Å². The van der Waals surface area contributed by atoms with Gasteiger partial charge in [-0.2, -0.15) is 0 Å². The Hall–Kier alpha value is -1.84. The number of piperidine rings is 1. The quantitative estimate of drug-likeness (QED) is 0.789. The first kappa shape index (κ1) is 12.2. The second-order valence-electron chi connectivity index (χ2n) is 5.08. The molecular formula is C15H16FNO2. The van der Waals surface area contributed by atoms with Crippen LogP contribution in [0.1, 0.15) is 29.0 Å². The summed E-state index contributed by atoms with van der Waals surface area (Å²) in [5, 5.41) is 0.934. The molecule has 0 unspecified atom stereocenters. The van der Waals surface area contributed by atoms with Gasteiger partial charge in [0.25, 0.3) is 5.91 Å². The van der Waals surface area contributed by atoms with Crippen molar-refractivity contribution in [3.05, 3.63) is 35.6 Å². The molecule has 100 valence electrons. The lowest BCUT2D eigenvalue weighted by molar-refractivity contribution is 0.0667. The molecule has 1 aliphatic rings. The highest BCUT2D eigenvalue weighted by molar-refractivity contribution is 5.97. The molecule has 19 heavy (non-hydrogen) atoms. The van der Waals surface area contributed by atoms with Crippen LogP contribution in [0.15, 0.2) is 28.7 Å². The molecular weight excluding hydrogens is 245 g/mol. The lowest BCUT2D eigenvalue weighted by Crippen LogP contribution is -2.39. The Morgan fingerprint density at radius 1 is 1.32 bits per heavy atom. The monoisotopic (exact) mass is 261 g/mol. The molecule has 1 aliphatic heterocycles. The number of benzene rings is 1. The number of amides is 1. The van der Waals surface area contributed by atoms with Crippen molar-refractivity contribution in [1.82, 2.24) is 4.90 Å². The average molecular weight is 261 g/mol. The Labute approximate surface area is 111 Å². The van der Waals surface area contributed by atoms with E-state index < -0.39 is 6.17 Å². The molecule has 3 nitrogen and oxygen atoms in total. The maximum atomic E-state index is 13.1. The van der Waals surface area contributed by atoms with Crippen molar-refractivity contribution in [1.29, 1.82) is 0 Å². The van der Waals surface area contributed by atoms with Crippen molar-refractivity contribution < 1.29 is 13.6 Å². The van der Waals surface area contributed by atoms with Gasteiger partial charge in [0.15, 0.2) is 0 Å². The normalized spacial score (nSPS) is 17.1. The SMILES string of the molecule is Cc1cc2cc(C(=O)N3CCC(F)CC3)ccc2o1. The van der Waals surface area contributed by atoms with Gasteiger partial charge < -0.3 is 9.32 Å². The first-order valence-electron chi connectivity index (χ1n) is 6.57. The van der Waals surface area contributed by atoms with E-state index in [0.29, 0.717) is 31.5 Å². The van der Waals surface area contributed by atoms with E-state index in [2.05, 4.69) is 0 Å². The molecule has 0 bridgehead atoms. The topological polar surface area (TPSA) is 33.5 Å². The van der Waals surface area contributed by atoms with Crippen molar-refractivity contribution in [2.75, 3.05) is 13.1 Å². The van der Waals surface area contributed by atoms with Gasteiger partial charge in [0.1, 0.15) is 17.5 Å². The van der Waals surface area contributed by atoms with E-state index in [0.717, 1.165) is 16.7 Å². The molecule has 0 aliphatic carbocycles. The predicted molar refractivity (Wildman–Crippen MR) is 71.0 cm³/mol. The minimum atomic E-state index is -0.761. The Morgan fingerprint density at radius 3 is 2.79 bits per heavy atom. The molecule has 2 heterocycles. The zero-order chi connectivity index (χ0) is 13.4. The molecule has 0 radical (unpaired) electrons. The first-order chi connectivity index (χ1) is 9.13. The third-order valence-corrected chi connectivity index (χ3v) is 3.60. The Kier molecular flexibility index (Phi) is 3.01. The maximum Gasteiger partial charge on any atom is 0.253 e. The van der Waals surface area contributed by atoms with E-state index in [1.165, 1.54) is 0 Å². The van der Waals surface area contributed by atoms with E-state index >= 15 is 0 Å². The molecule has 1 amide bonds. The molecule has 0 atom stereocenters. The van der Waals surface area contributed by atoms with Crippen LogP contribution in [0.3, 0.4) is 0 Å². The number of alkyl halides is 1. The van der Waals surface area contributed by atoms with Gasteiger partial charge in [0.05, 0.1) is 0 Å². The van der Waals surface area contributed by atoms with Gasteiger partial charge in [-0.25, -0.2) is 4.39 Å². The summed E-state index contributed by atoms with van der Waals surface area (Å²) >= 11 is 0. The van der Waals surface area contributed by atoms with E-state index in [1.807, 2.05) is 25.1 Å². The lowest BCUT2D eigenvalue weighted by Gasteiger charge is -2.28. The summed E-state index contributed by atoms with van der Waals surface area (Å²) in [4.78, 5) is 14.1. The zero-order valence-electron chi connectivity index (χ0n) is 10.9. The highest BCUT2D eigenvalue weighted by Crippen LogP contribution is 2.22. The smallest absolute Gasteiger partial charge is 0.253 e. The molecule has 1 fully saturated rings. The first-order valence-corrected chi connectivity index (χ1v) is 6.57. The van der Waals surface area contributed by atoms with E-state index in [9.17, 15) is 9.18 Å². The average Bonchev–Trinajstić information content (AvgIpc) is 2.77. The number of carbonyl (C=O) groups excluding carboxylic acids is 1. The standard InChI is InChI=1S/C15H16FNO2/c1-10-8-12-9-11(2-3-14(12)19-10)15(18)17-6-4-13(16)5-7-17/h2-3,8-9,13H,4-7H2,1H3. The molecule has 1 aromatic carbocycles. The number of carbonyl (C=O) groups is 1. The van der Waals surface area contributed by atoms with Crippen LogP contribution in [0, 0.1) is 6.92 Å². The van der Waals surface area contributed by atoms with Gasteiger partial charge >= 0.3 is 0 Å². The fourth-order valence-corrected chi connectivity index (χ4v) is 2.54. The van der Waals surface area contributed by atoms with Gasteiger partial charge in [-0.15, -0.1) is 0 Å². The summed E-state index contributed by atoms with van der Waals surface area (Å²) in [5.74, 6) is 0.811. The number of hydrogen-bond acceptors (Lipinski definition) is 2. The van der Waals surface area contributed by atoms with Gasteiger partial charge in [0.2, 0.25) is 0 Å². The fourth-order valence-electron chi connectivity index (χ4n) is 2.54. The molecule has 0 N–H and O–H groups in total. The fraction of sp³-hybridized carbons (Fsp3) is 0.400. The number of halogens is 1. The third-order valence-electron chi connectivity index (χ3n) is 3.60. The van der Waals surface area contributed by atoms with Crippen molar-refractivity contribution in [3.63, 3.8) is 0 Å². The second-order valence-corrected chi connectivity index (χ2v) is 5.08. The van der Waals surface area contributed by atoms with E-state index in [4.69, 9.17) is 4.42 Å². The number of nitrogens with zero attached hydrogens (tertiary/aromatic N) is 1. The molecule has 1 saturated heterocycles. The zero-order valence-corrected chi connectivity index (χ0v) is 10.9. The molecule has 0 saturated carbocycles. The Balaban J connectivity index is 1.84. The summed E-state index contributed by atoms with van der Waals surface area (Å²) in [7, 11) is 0. The summed E-state index contributed by atoms with van der Waals surface area (Å²) in [5.41, 5.74) is 1.43. The number of hydrogen-bond donors (Lipinski definition) is 0. The summed E-state index contributed by atoms with van der Waals surface area (Å²) in [6.45, 7) is 2.89. The van der Waals surface area contributed by atoms with Crippen LogP contribution in [0.25, 0.3) is 11.0 Å². The number of rotatable bonds is 1. The molecule has 3 rings (SSSR count). The lowest BCUT2D eigenvalue weighted by atomic mass is 10.1. The van der Waals surface area contributed by atoms with E-state index in [1.54, 1.807) is 11.0 Å². The molecule has 0 spiro atoms. The highest BCUT2D eigenvalue weighted by atomic mass is 19.1. The molecule has 4 heteroatoms. The number of aryl methyl sites for hydroxylation is 1. The number of furan rings is 1. The van der Waals surface area contributed by atoms with Crippen molar-refractivity contribution in [2.24, 2.45) is 0 Å². The van der Waals surface area contributed by atoms with Crippen LogP contribution < -0.4 is 0 Å².